The minimum absolute atomic E-state index is 0.0132. The molecule has 0 saturated heterocycles. The van der Waals surface area contributed by atoms with Crippen molar-refractivity contribution in [3.8, 4) is 0 Å². The lowest BCUT2D eigenvalue weighted by molar-refractivity contribution is -0.0441. The third kappa shape index (κ3) is 9.59. The first-order valence-corrected chi connectivity index (χ1v) is 19.2. The Labute approximate surface area is 243 Å². The number of thiazole rings is 2. The highest BCUT2D eigenvalue weighted by atomic mass is 33.7. The Bertz CT molecular complexity index is 1200. The number of benzene rings is 3. The zero-order chi connectivity index (χ0) is 25.7. The maximum Gasteiger partial charge on any atom is 0.162 e. The van der Waals surface area contributed by atoms with Crippen LogP contribution in [0.1, 0.15) is 12.0 Å². The summed E-state index contributed by atoms with van der Waals surface area (Å²) in [4.78, 5) is 9.23. The first kappa shape index (κ1) is 29.0. The van der Waals surface area contributed by atoms with Crippen molar-refractivity contribution in [2.45, 2.75) is 33.5 Å². The van der Waals surface area contributed by atoms with Crippen LogP contribution in [0.25, 0.3) is 20.4 Å². The Morgan fingerprint density at radius 1 is 0.730 bits per heavy atom. The van der Waals surface area contributed by atoms with Crippen LogP contribution in [0.5, 0.6) is 0 Å². The molecule has 0 bridgehead atoms. The molecular weight excluding hydrogens is 593 g/mol. The predicted molar refractivity (Wildman–Crippen MR) is 169 cm³/mol. The van der Waals surface area contributed by atoms with E-state index < -0.39 is 0 Å². The Balaban J connectivity index is 0.000000188. The number of nitrogens with zero attached hydrogens (tertiary/aromatic N) is 2. The predicted octanol–water partition coefficient (Wildman–Crippen LogP) is 9.32. The normalized spacial score (nSPS) is 11.2. The summed E-state index contributed by atoms with van der Waals surface area (Å²) in [7, 11) is 11.0. The number of aryl methyl sites for hydroxylation is 1. The highest BCUT2D eigenvalue weighted by molar-refractivity contribution is 9.26. The minimum atomic E-state index is -0.0132. The number of aromatic nitrogens is 2. The zero-order valence-electron chi connectivity index (χ0n) is 20.4. The van der Waals surface area contributed by atoms with E-state index in [1.54, 1.807) is 78.1 Å². The molecule has 0 aliphatic rings. The van der Waals surface area contributed by atoms with Gasteiger partial charge in [-0.3, -0.25) is 0 Å². The van der Waals surface area contributed by atoms with Gasteiger partial charge in [0.05, 0.1) is 20.4 Å². The number of fused-ring (bicyclic) bond motifs is 2. The Morgan fingerprint density at radius 2 is 1.24 bits per heavy atom. The molecule has 5 aromatic rings. The van der Waals surface area contributed by atoms with E-state index in [1.807, 2.05) is 12.1 Å². The van der Waals surface area contributed by atoms with E-state index in [0.29, 0.717) is 0 Å². The summed E-state index contributed by atoms with van der Waals surface area (Å²) in [6, 6.07) is 28.3. The molecule has 5 rings (SSSR count). The SMILES string of the molecule is COC(OC)[Si]CCCc1ccccc1.c1ccc2sc(SSSSc3nc4ccccc4s3)nc2c1. The van der Waals surface area contributed by atoms with Crippen LogP contribution >= 0.6 is 63.9 Å². The molecule has 2 heterocycles. The third-order valence-corrected chi connectivity index (χ3v) is 15.2. The van der Waals surface area contributed by atoms with E-state index in [1.165, 1.54) is 27.4 Å². The highest BCUT2D eigenvalue weighted by Crippen LogP contribution is 2.51. The van der Waals surface area contributed by atoms with Crippen LogP contribution in [0.2, 0.25) is 6.04 Å². The van der Waals surface area contributed by atoms with Crippen LogP contribution in [0, 0.1) is 0 Å². The van der Waals surface area contributed by atoms with Gasteiger partial charge in [0.2, 0.25) is 0 Å². The lowest BCUT2D eigenvalue weighted by Crippen LogP contribution is -2.21. The largest absolute Gasteiger partial charge is 0.360 e. The second-order valence-corrected chi connectivity index (χ2v) is 17.1. The average molecular weight is 619 g/mol. The zero-order valence-corrected chi connectivity index (χ0v) is 26.3. The number of methoxy groups -OCH3 is 2. The van der Waals surface area contributed by atoms with E-state index >= 15 is 0 Å². The van der Waals surface area contributed by atoms with Gasteiger partial charge in [-0.05, 0) is 77.5 Å². The van der Waals surface area contributed by atoms with Gasteiger partial charge in [-0.2, -0.15) is 0 Å². The van der Waals surface area contributed by atoms with Gasteiger partial charge in [-0.1, -0.05) is 67.1 Å². The molecule has 192 valence electrons. The number of hydrogen-bond donors (Lipinski definition) is 0. The van der Waals surface area contributed by atoms with Crippen molar-refractivity contribution >= 4 is 93.9 Å². The molecule has 0 atom stereocenters. The van der Waals surface area contributed by atoms with Crippen molar-refractivity contribution in [3.63, 3.8) is 0 Å². The average Bonchev–Trinajstić information content (AvgIpc) is 3.55. The molecule has 4 nitrogen and oxygen atoms in total. The number of para-hydroxylation sites is 2. The summed E-state index contributed by atoms with van der Waals surface area (Å²) in [6.07, 6.45) is 2.35. The summed E-state index contributed by atoms with van der Waals surface area (Å²) in [5, 5.41) is 0. The van der Waals surface area contributed by atoms with E-state index in [9.17, 15) is 0 Å². The van der Waals surface area contributed by atoms with Crippen LogP contribution in [0.3, 0.4) is 0 Å². The topological polar surface area (TPSA) is 44.2 Å². The molecule has 0 amide bonds. The molecule has 0 N–H and O–H groups in total. The van der Waals surface area contributed by atoms with Gasteiger partial charge in [-0.15, -0.1) is 22.7 Å². The molecule has 11 heteroatoms. The summed E-state index contributed by atoms with van der Waals surface area (Å²) in [5.41, 5.74) is 3.58. The van der Waals surface area contributed by atoms with Crippen molar-refractivity contribution in [3.05, 3.63) is 84.4 Å². The second kappa shape index (κ2) is 16.2. The summed E-state index contributed by atoms with van der Waals surface area (Å²) in [6.45, 7) is 0. The molecule has 0 aliphatic carbocycles. The van der Waals surface area contributed by atoms with Gasteiger partial charge in [0.15, 0.2) is 8.68 Å². The van der Waals surface area contributed by atoms with Gasteiger partial charge < -0.3 is 9.47 Å². The Hall–Kier alpha value is -1.02. The van der Waals surface area contributed by atoms with Crippen molar-refractivity contribution in [2.75, 3.05) is 14.2 Å². The Morgan fingerprint density at radius 3 is 1.76 bits per heavy atom. The van der Waals surface area contributed by atoms with Crippen LogP contribution in [-0.2, 0) is 15.9 Å². The molecule has 37 heavy (non-hydrogen) atoms. The first-order chi connectivity index (χ1) is 18.2. The van der Waals surface area contributed by atoms with Gasteiger partial charge in [0.1, 0.15) is 15.4 Å². The number of rotatable bonds is 12. The highest BCUT2D eigenvalue weighted by Gasteiger charge is 2.08. The molecule has 0 saturated carbocycles. The van der Waals surface area contributed by atoms with E-state index in [4.69, 9.17) is 9.47 Å². The molecule has 0 unspecified atom stereocenters. The van der Waals surface area contributed by atoms with Gasteiger partial charge in [0, 0.05) is 14.2 Å². The second-order valence-electron chi connectivity index (χ2n) is 7.54. The summed E-state index contributed by atoms with van der Waals surface area (Å²) < 4.78 is 15.0. The van der Waals surface area contributed by atoms with E-state index in [0.717, 1.165) is 35.7 Å². The van der Waals surface area contributed by atoms with Gasteiger partial charge in [0.25, 0.3) is 0 Å². The van der Waals surface area contributed by atoms with Gasteiger partial charge in [-0.25, -0.2) is 9.97 Å². The van der Waals surface area contributed by atoms with Crippen LogP contribution in [0.4, 0.5) is 0 Å². The van der Waals surface area contributed by atoms with Crippen LogP contribution < -0.4 is 0 Å². The Kier molecular flexibility index (Phi) is 12.7. The molecule has 0 aliphatic heterocycles. The number of hydrogen-bond acceptors (Lipinski definition) is 10. The van der Waals surface area contributed by atoms with Crippen molar-refractivity contribution in [2.24, 2.45) is 0 Å². The monoisotopic (exact) mass is 618 g/mol. The lowest BCUT2D eigenvalue weighted by Gasteiger charge is -2.11. The first-order valence-electron chi connectivity index (χ1n) is 11.5. The van der Waals surface area contributed by atoms with E-state index in [2.05, 4.69) is 76.7 Å². The van der Waals surface area contributed by atoms with Crippen LogP contribution in [-0.4, -0.2) is 39.6 Å². The van der Waals surface area contributed by atoms with E-state index in [-0.39, 0.29) is 5.91 Å². The summed E-state index contributed by atoms with van der Waals surface area (Å²) in [5.74, 6) is -0.0132. The fourth-order valence-corrected chi connectivity index (χ4v) is 12.8. The third-order valence-electron chi connectivity index (χ3n) is 5.01. The maximum absolute atomic E-state index is 5.14. The minimum Gasteiger partial charge on any atom is -0.360 e. The molecule has 0 spiro atoms. The lowest BCUT2D eigenvalue weighted by atomic mass is 10.1. The van der Waals surface area contributed by atoms with Crippen molar-refractivity contribution in [1.29, 1.82) is 0 Å². The maximum atomic E-state index is 5.14. The van der Waals surface area contributed by atoms with Crippen molar-refractivity contribution in [1.82, 2.24) is 9.97 Å². The molecular formula is C26H26N2O2S6Si. The quantitative estimate of drug-likeness (QED) is 0.0593. The van der Waals surface area contributed by atoms with Crippen LogP contribution in [0.15, 0.2) is 87.5 Å². The van der Waals surface area contributed by atoms with Crippen molar-refractivity contribution < 1.29 is 9.47 Å². The smallest absolute Gasteiger partial charge is 0.162 e. The standard InChI is InChI=1S/C14H8N2S6.C12H18O2Si/c1-3-7-11-9(5-1)15-13(17-11)19-21-22-20-14-16-10-6-2-4-8-12(10)18-14;1-13-12(14-2)15-10-6-9-11-7-4-3-5-8-11/h1-8H;3-5,7-8,12H,6,9-10H2,1-2H3. The fourth-order valence-electron chi connectivity index (χ4n) is 3.28. The summed E-state index contributed by atoms with van der Waals surface area (Å²) >= 11 is 3.49. The molecule has 2 aromatic heterocycles. The molecule has 0 fully saturated rings. The number of ether oxygens (including phenoxy) is 2. The molecule has 2 radical (unpaired) electrons. The molecule has 3 aromatic carbocycles. The van der Waals surface area contributed by atoms with Gasteiger partial charge >= 0.3 is 0 Å². The fraction of sp³-hybridized carbons (Fsp3) is 0.231.